The number of fused-ring (bicyclic) bond motifs is 1. The average molecular weight is 416 g/mol. The number of carboxylic acids is 1. The number of phenolic OH excluding ortho intramolecular Hbond substituents is 1. The Morgan fingerprint density at radius 1 is 1.13 bits per heavy atom. The van der Waals surface area contributed by atoms with Gasteiger partial charge in [-0.05, 0) is 54.9 Å². The number of hydrogen-bond acceptors (Lipinski definition) is 5. The number of rotatable bonds is 4. The summed E-state index contributed by atoms with van der Waals surface area (Å²) in [4.78, 5) is 28.9. The lowest BCUT2D eigenvalue weighted by Gasteiger charge is -2.10. The Hall–Kier alpha value is -3.91. The number of hydrogen-bond donors (Lipinski definition) is 3. The van der Waals surface area contributed by atoms with Crippen molar-refractivity contribution in [2.24, 2.45) is 0 Å². The number of imidazole rings is 1. The molecule has 5 rings (SSSR count). The second-order valence-corrected chi connectivity index (χ2v) is 7.56. The summed E-state index contributed by atoms with van der Waals surface area (Å²) in [6.07, 6.45) is 2.53. The maximum atomic E-state index is 13.4. The molecular weight excluding hydrogens is 396 g/mol. The predicted molar refractivity (Wildman–Crippen MR) is 116 cm³/mol. The lowest BCUT2D eigenvalue weighted by atomic mass is 10.0. The zero-order valence-corrected chi connectivity index (χ0v) is 16.5. The summed E-state index contributed by atoms with van der Waals surface area (Å²) in [5.41, 5.74) is 3.05. The number of aromatic hydroxyl groups is 1. The minimum Gasteiger partial charge on any atom is -0.507 e. The summed E-state index contributed by atoms with van der Waals surface area (Å²) in [6.45, 7) is 1.57. The number of benzene rings is 2. The Morgan fingerprint density at radius 2 is 1.94 bits per heavy atom. The highest BCUT2D eigenvalue weighted by molar-refractivity contribution is 5.88. The van der Waals surface area contributed by atoms with Crippen molar-refractivity contribution in [3.05, 3.63) is 76.8 Å². The molecule has 0 saturated carbocycles. The van der Waals surface area contributed by atoms with Crippen LogP contribution in [0.25, 0.3) is 28.0 Å². The van der Waals surface area contributed by atoms with Crippen LogP contribution in [0.4, 0.5) is 0 Å². The highest BCUT2D eigenvalue weighted by Gasteiger charge is 2.24. The number of phenols is 1. The summed E-state index contributed by atoms with van der Waals surface area (Å²) in [7, 11) is 0. The van der Waals surface area contributed by atoms with Gasteiger partial charge in [0.25, 0.3) is 0 Å². The van der Waals surface area contributed by atoms with Crippen molar-refractivity contribution in [3.63, 3.8) is 0 Å². The van der Waals surface area contributed by atoms with Crippen LogP contribution in [-0.2, 0) is 0 Å². The van der Waals surface area contributed by atoms with Gasteiger partial charge in [-0.25, -0.2) is 14.6 Å². The van der Waals surface area contributed by atoms with Crippen LogP contribution < -0.4 is 11.0 Å². The third-order valence-corrected chi connectivity index (χ3v) is 5.71. The molecule has 0 bridgehead atoms. The Kier molecular flexibility index (Phi) is 4.56. The first-order valence-electron chi connectivity index (χ1n) is 10.0. The number of pyridine rings is 1. The zero-order chi connectivity index (χ0) is 21.5. The molecule has 2 aromatic heterocycles. The minimum atomic E-state index is -1.01. The topological polar surface area (TPSA) is 109 Å². The molecule has 3 heterocycles. The van der Waals surface area contributed by atoms with Crippen LogP contribution in [-0.4, -0.2) is 43.4 Å². The van der Waals surface area contributed by atoms with Gasteiger partial charge >= 0.3 is 11.7 Å². The van der Waals surface area contributed by atoms with Crippen molar-refractivity contribution in [1.29, 1.82) is 0 Å². The van der Waals surface area contributed by atoms with Gasteiger partial charge in [-0.1, -0.05) is 12.1 Å². The fourth-order valence-corrected chi connectivity index (χ4v) is 4.18. The Balaban J connectivity index is 1.61. The SMILES string of the molecule is O=C(O)c1ccc(-c2ccc(-n3c(=O)n(C4CCNC4)c4ncccc43)cc2O)cc1. The molecule has 1 aliphatic rings. The quantitative estimate of drug-likeness (QED) is 0.472. The van der Waals surface area contributed by atoms with E-state index in [0.29, 0.717) is 34.5 Å². The molecule has 31 heavy (non-hydrogen) atoms. The van der Waals surface area contributed by atoms with Crippen molar-refractivity contribution in [1.82, 2.24) is 19.4 Å². The van der Waals surface area contributed by atoms with Gasteiger partial charge in [-0.15, -0.1) is 0 Å². The number of carbonyl (C=O) groups is 1. The normalized spacial score (nSPS) is 16.1. The number of nitrogens with one attached hydrogen (secondary N) is 1. The van der Waals surface area contributed by atoms with Crippen molar-refractivity contribution in [2.45, 2.75) is 12.5 Å². The van der Waals surface area contributed by atoms with Crippen LogP contribution in [0.3, 0.4) is 0 Å². The van der Waals surface area contributed by atoms with E-state index in [2.05, 4.69) is 10.3 Å². The standard InChI is InChI=1S/C23H20N4O4/c28-20-12-16(7-8-18(20)14-3-5-15(6-4-14)22(29)30)26-19-2-1-10-25-21(19)27(23(26)31)17-9-11-24-13-17/h1-8,10,12,17,24,28H,9,11,13H2,(H,29,30). The van der Waals surface area contributed by atoms with E-state index in [-0.39, 0.29) is 23.0 Å². The second-order valence-electron chi connectivity index (χ2n) is 7.56. The van der Waals surface area contributed by atoms with Gasteiger partial charge in [0.1, 0.15) is 5.75 Å². The summed E-state index contributed by atoms with van der Waals surface area (Å²) < 4.78 is 3.29. The van der Waals surface area contributed by atoms with Crippen LogP contribution in [0, 0.1) is 0 Å². The molecule has 1 aliphatic heterocycles. The third kappa shape index (κ3) is 3.17. The third-order valence-electron chi connectivity index (χ3n) is 5.71. The summed E-state index contributed by atoms with van der Waals surface area (Å²) in [5, 5.41) is 23.0. The van der Waals surface area contributed by atoms with Crippen LogP contribution >= 0.6 is 0 Å². The molecule has 8 nitrogen and oxygen atoms in total. The molecule has 0 spiro atoms. The van der Waals surface area contributed by atoms with E-state index < -0.39 is 5.97 Å². The van der Waals surface area contributed by atoms with E-state index in [1.54, 1.807) is 51.7 Å². The molecule has 8 heteroatoms. The molecular formula is C23H20N4O4. The van der Waals surface area contributed by atoms with Crippen LogP contribution in [0.1, 0.15) is 22.8 Å². The van der Waals surface area contributed by atoms with Gasteiger partial charge in [0.05, 0.1) is 22.8 Å². The average Bonchev–Trinajstić information content (AvgIpc) is 3.39. The number of carboxylic acid groups (broad SMARTS) is 1. The largest absolute Gasteiger partial charge is 0.507 e. The molecule has 0 amide bonds. The van der Waals surface area contributed by atoms with E-state index in [9.17, 15) is 14.7 Å². The second kappa shape index (κ2) is 7.41. The lowest BCUT2D eigenvalue weighted by Crippen LogP contribution is -2.28. The Morgan fingerprint density at radius 3 is 2.61 bits per heavy atom. The first-order chi connectivity index (χ1) is 15.0. The molecule has 1 saturated heterocycles. The lowest BCUT2D eigenvalue weighted by molar-refractivity contribution is 0.0697. The monoisotopic (exact) mass is 416 g/mol. The Bertz CT molecular complexity index is 1350. The van der Waals surface area contributed by atoms with E-state index in [0.717, 1.165) is 13.0 Å². The van der Waals surface area contributed by atoms with E-state index in [4.69, 9.17) is 5.11 Å². The minimum absolute atomic E-state index is 0.000187. The molecule has 1 unspecified atom stereocenters. The molecule has 1 fully saturated rings. The maximum Gasteiger partial charge on any atom is 0.335 e. The highest BCUT2D eigenvalue weighted by atomic mass is 16.4. The summed E-state index contributed by atoms with van der Waals surface area (Å²) in [6, 6.07) is 15.0. The molecule has 4 aromatic rings. The van der Waals surface area contributed by atoms with Gasteiger partial charge in [0.15, 0.2) is 5.65 Å². The van der Waals surface area contributed by atoms with E-state index >= 15 is 0 Å². The molecule has 0 radical (unpaired) electrons. The van der Waals surface area contributed by atoms with E-state index in [1.165, 1.54) is 12.1 Å². The van der Waals surface area contributed by atoms with Gasteiger partial charge in [0, 0.05) is 24.4 Å². The van der Waals surface area contributed by atoms with Crippen molar-refractivity contribution in [2.75, 3.05) is 13.1 Å². The first-order valence-corrected chi connectivity index (χ1v) is 10.0. The van der Waals surface area contributed by atoms with Crippen LogP contribution in [0.2, 0.25) is 0 Å². The van der Waals surface area contributed by atoms with Gasteiger partial charge in [-0.2, -0.15) is 0 Å². The molecule has 1 atom stereocenters. The molecule has 0 aliphatic carbocycles. The highest BCUT2D eigenvalue weighted by Crippen LogP contribution is 2.32. The number of aromatic carboxylic acids is 1. The smallest absolute Gasteiger partial charge is 0.335 e. The fraction of sp³-hybridized carbons (Fsp3) is 0.174. The van der Waals surface area contributed by atoms with Gasteiger partial charge in [-0.3, -0.25) is 9.13 Å². The van der Waals surface area contributed by atoms with Crippen LogP contribution in [0.15, 0.2) is 65.6 Å². The van der Waals surface area contributed by atoms with Gasteiger partial charge < -0.3 is 15.5 Å². The molecule has 156 valence electrons. The van der Waals surface area contributed by atoms with Crippen molar-refractivity contribution < 1.29 is 15.0 Å². The summed E-state index contributed by atoms with van der Waals surface area (Å²) >= 11 is 0. The van der Waals surface area contributed by atoms with Crippen LogP contribution in [0.5, 0.6) is 5.75 Å². The molecule has 2 aromatic carbocycles. The zero-order valence-electron chi connectivity index (χ0n) is 16.5. The summed E-state index contributed by atoms with van der Waals surface area (Å²) in [5.74, 6) is -1.01. The van der Waals surface area contributed by atoms with Crippen molar-refractivity contribution >= 4 is 17.1 Å². The van der Waals surface area contributed by atoms with E-state index in [1.807, 2.05) is 6.07 Å². The molecule has 3 N–H and O–H groups in total. The van der Waals surface area contributed by atoms with Crippen molar-refractivity contribution in [3.8, 4) is 22.6 Å². The maximum absolute atomic E-state index is 13.4. The number of nitrogens with zero attached hydrogens (tertiary/aromatic N) is 3. The van der Waals surface area contributed by atoms with Gasteiger partial charge in [0.2, 0.25) is 0 Å². The fourth-order valence-electron chi connectivity index (χ4n) is 4.18. The first kappa shape index (κ1) is 19.1. The Labute approximate surface area is 177 Å². The number of aromatic nitrogens is 3. The predicted octanol–water partition coefficient (Wildman–Crippen LogP) is 2.79.